The van der Waals surface area contributed by atoms with E-state index in [1.165, 1.54) is 0 Å². The highest BCUT2D eigenvalue weighted by Gasteiger charge is 2.32. The number of aliphatic hydroxyl groups is 1. The molecule has 0 aromatic carbocycles. The fraction of sp³-hybridized carbons (Fsp3) is 0.538. The van der Waals surface area contributed by atoms with Crippen LogP contribution in [0.2, 0.25) is 0 Å². The average Bonchev–Trinajstić information content (AvgIpc) is 2.69. The van der Waals surface area contributed by atoms with Gasteiger partial charge in [0.2, 0.25) is 0 Å². The van der Waals surface area contributed by atoms with Gasteiger partial charge in [0.25, 0.3) is 0 Å². The fourth-order valence-corrected chi connectivity index (χ4v) is 2.78. The number of likely N-dealkylation sites (N-methyl/N-ethyl adjacent to an activating group) is 1. The van der Waals surface area contributed by atoms with Crippen LogP contribution in [-0.2, 0) is 0 Å². The Balaban J connectivity index is 2.31. The Kier molecular flexibility index (Phi) is 4.34. The van der Waals surface area contributed by atoms with E-state index in [2.05, 4.69) is 14.8 Å². The van der Waals surface area contributed by atoms with Crippen molar-refractivity contribution >= 4 is 22.9 Å². The molecule has 0 spiro atoms. The third-order valence-corrected chi connectivity index (χ3v) is 3.56. The second-order valence-electron chi connectivity index (χ2n) is 5.22. The van der Waals surface area contributed by atoms with E-state index >= 15 is 0 Å². The van der Waals surface area contributed by atoms with Crippen molar-refractivity contribution in [1.82, 2.24) is 9.88 Å². The molecule has 2 heterocycles. The molecule has 2 rings (SSSR count). The van der Waals surface area contributed by atoms with E-state index in [1.807, 2.05) is 20.2 Å². The first-order chi connectivity index (χ1) is 8.99. The van der Waals surface area contributed by atoms with E-state index in [4.69, 9.17) is 18.0 Å². The summed E-state index contributed by atoms with van der Waals surface area (Å²) in [5.74, 6) is 0. The molecular formula is C13H20N4OS. The van der Waals surface area contributed by atoms with Crippen LogP contribution in [0.3, 0.4) is 0 Å². The van der Waals surface area contributed by atoms with Crippen LogP contribution >= 0.6 is 12.2 Å². The summed E-state index contributed by atoms with van der Waals surface area (Å²) in [6.07, 6.45) is 3.90. The summed E-state index contributed by atoms with van der Waals surface area (Å²) in [5.41, 5.74) is 7.50. The third-order valence-electron chi connectivity index (χ3n) is 3.34. The summed E-state index contributed by atoms with van der Waals surface area (Å²) in [4.78, 5) is 8.80. The monoisotopic (exact) mass is 280 g/mol. The molecule has 19 heavy (non-hydrogen) atoms. The van der Waals surface area contributed by atoms with Gasteiger partial charge in [-0.2, -0.15) is 0 Å². The Bertz CT molecular complexity index is 466. The summed E-state index contributed by atoms with van der Waals surface area (Å²) >= 11 is 5.09. The highest BCUT2D eigenvalue weighted by molar-refractivity contribution is 7.80. The van der Waals surface area contributed by atoms with Crippen LogP contribution in [0.5, 0.6) is 0 Å². The largest absolute Gasteiger partial charge is 0.391 e. The summed E-state index contributed by atoms with van der Waals surface area (Å²) in [6.45, 7) is 1.47. The molecule has 104 valence electrons. The molecule has 2 unspecified atom stereocenters. The molecule has 0 aliphatic carbocycles. The van der Waals surface area contributed by atoms with Crippen molar-refractivity contribution in [3.05, 3.63) is 24.0 Å². The van der Waals surface area contributed by atoms with Gasteiger partial charge in [0.1, 0.15) is 4.99 Å². The molecule has 3 N–H and O–H groups in total. The van der Waals surface area contributed by atoms with Gasteiger partial charge in [-0.25, -0.2) is 0 Å². The molecule has 0 bridgehead atoms. The Morgan fingerprint density at radius 3 is 3.00 bits per heavy atom. The number of anilines is 1. The summed E-state index contributed by atoms with van der Waals surface area (Å²) in [7, 11) is 4.06. The highest BCUT2D eigenvalue weighted by Crippen LogP contribution is 2.28. The zero-order chi connectivity index (χ0) is 14.0. The van der Waals surface area contributed by atoms with Crippen molar-refractivity contribution in [1.29, 1.82) is 0 Å². The van der Waals surface area contributed by atoms with E-state index in [0.29, 0.717) is 11.5 Å². The van der Waals surface area contributed by atoms with Gasteiger partial charge in [-0.3, -0.25) is 4.98 Å². The lowest BCUT2D eigenvalue weighted by Crippen LogP contribution is -2.38. The fourth-order valence-electron chi connectivity index (χ4n) is 2.60. The van der Waals surface area contributed by atoms with Gasteiger partial charge in [0.15, 0.2) is 0 Å². The van der Waals surface area contributed by atoms with E-state index in [1.54, 1.807) is 12.4 Å². The average molecular weight is 280 g/mol. The molecule has 1 aliphatic rings. The van der Waals surface area contributed by atoms with Gasteiger partial charge in [-0.15, -0.1) is 0 Å². The van der Waals surface area contributed by atoms with Crippen molar-refractivity contribution in [2.24, 2.45) is 5.73 Å². The minimum Gasteiger partial charge on any atom is -0.391 e. The van der Waals surface area contributed by atoms with E-state index in [0.717, 1.165) is 24.2 Å². The molecule has 5 nitrogen and oxygen atoms in total. The number of hydrogen-bond donors (Lipinski definition) is 2. The third kappa shape index (κ3) is 3.20. The number of aliphatic hydroxyl groups excluding tert-OH is 1. The zero-order valence-electron chi connectivity index (χ0n) is 11.3. The Labute approximate surface area is 119 Å². The highest BCUT2D eigenvalue weighted by atomic mass is 32.1. The number of β-amino-alcohol motifs (C(OH)–C–C–N with tert-alkyl or cyclic N) is 1. The lowest BCUT2D eigenvalue weighted by molar-refractivity contribution is 0.191. The molecule has 1 aromatic heterocycles. The SMILES string of the molecule is CN(C)CC1CC(O)CN1c1cnccc1C(N)=S. The van der Waals surface area contributed by atoms with E-state index in [-0.39, 0.29) is 12.1 Å². The molecule has 0 saturated carbocycles. The van der Waals surface area contributed by atoms with E-state index in [9.17, 15) is 5.11 Å². The quantitative estimate of drug-likeness (QED) is 0.769. The molecule has 1 aliphatic heterocycles. The molecule has 0 radical (unpaired) electrons. The first kappa shape index (κ1) is 14.2. The maximum atomic E-state index is 9.93. The normalized spacial score (nSPS) is 23.1. The van der Waals surface area contributed by atoms with Crippen LogP contribution in [0.25, 0.3) is 0 Å². The Morgan fingerprint density at radius 1 is 1.63 bits per heavy atom. The van der Waals surface area contributed by atoms with Crippen molar-refractivity contribution < 1.29 is 5.11 Å². The second kappa shape index (κ2) is 5.81. The smallest absolute Gasteiger partial charge is 0.106 e. The molecule has 2 atom stereocenters. The first-order valence-electron chi connectivity index (χ1n) is 6.32. The van der Waals surface area contributed by atoms with Crippen LogP contribution in [0.15, 0.2) is 18.5 Å². The molecule has 1 aromatic rings. The van der Waals surface area contributed by atoms with Gasteiger partial charge < -0.3 is 20.6 Å². The number of hydrogen-bond acceptors (Lipinski definition) is 5. The van der Waals surface area contributed by atoms with Gasteiger partial charge in [-0.05, 0) is 26.6 Å². The van der Waals surface area contributed by atoms with Crippen molar-refractivity contribution in [2.75, 3.05) is 32.1 Å². The number of nitrogens with two attached hydrogens (primary N) is 1. The van der Waals surface area contributed by atoms with Gasteiger partial charge in [0.05, 0.1) is 18.0 Å². The minimum absolute atomic E-state index is 0.252. The molecule has 0 amide bonds. The lowest BCUT2D eigenvalue weighted by Gasteiger charge is -2.29. The maximum absolute atomic E-state index is 9.93. The number of thiocarbonyl (C=S) groups is 1. The van der Waals surface area contributed by atoms with Crippen LogP contribution in [-0.4, -0.2) is 59.3 Å². The van der Waals surface area contributed by atoms with Crippen LogP contribution in [0.4, 0.5) is 5.69 Å². The lowest BCUT2D eigenvalue weighted by atomic mass is 10.1. The topological polar surface area (TPSA) is 65.6 Å². The maximum Gasteiger partial charge on any atom is 0.106 e. The van der Waals surface area contributed by atoms with Crippen LogP contribution in [0, 0.1) is 0 Å². The first-order valence-corrected chi connectivity index (χ1v) is 6.73. The summed E-state index contributed by atoms with van der Waals surface area (Å²) < 4.78 is 0. The van der Waals surface area contributed by atoms with Crippen molar-refractivity contribution in [2.45, 2.75) is 18.6 Å². The molecule has 1 saturated heterocycles. The molecular weight excluding hydrogens is 260 g/mol. The summed E-state index contributed by atoms with van der Waals surface area (Å²) in [5, 5.41) is 9.93. The predicted octanol–water partition coefficient (Wildman–Crippen LogP) is 0.217. The van der Waals surface area contributed by atoms with Gasteiger partial charge in [-0.1, -0.05) is 12.2 Å². The van der Waals surface area contributed by atoms with E-state index < -0.39 is 0 Å². The predicted molar refractivity (Wildman–Crippen MR) is 80.4 cm³/mol. The number of aromatic nitrogens is 1. The van der Waals surface area contributed by atoms with Crippen LogP contribution < -0.4 is 10.6 Å². The Hall–Kier alpha value is -1.24. The zero-order valence-corrected chi connectivity index (χ0v) is 12.1. The molecule has 1 fully saturated rings. The van der Waals surface area contributed by atoms with Gasteiger partial charge in [0, 0.05) is 30.9 Å². The summed E-state index contributed by atoms with van der Waals surface area (Å²) in [6, 6.07) is 2.08. The Morgan fingerprint density at radius 2 is 2.37 bits per heavy atom. The molecule has 6 heteroatoms. The number of pyridine rings is 1. The standard InChI is InChI=1S/C13H20N4OS/c1-16(2)7-9-5-10(18)8-17(9)12-6-15-4-3-11(12)13(14)19/h3-4,6,9-10,18H,5,7-8H2,1-2H3,(H2,14,19). The van der Waals surface area contributed by atoms with Crippen molar-refractivity contribution in [3.8, 4) is 0 Å². The number of rotatable bonds is 4. The van der Waals surface area contributed by atoms with Crippen LogP contribution in [0.1, 0.15) is 12.0 Å². The van der Waals surface area contributed by atoms with Crippen molar-refractivity contribution in [3.63, 3.8) is 0 Å². The van der Waals surface area contributed by atoms with Gasteiger partial charge >= 0.3 is 0 Å². The minimum atomic E-state index is -0.315. The second-order valence-corrected chi connectivity index (χ2v) is 5.65. The number of nitrogens with zero attached hydrogens (tertiary/aromatic N) is 3.